The molecule has 6 nitrogen and oxygen atoms in total. The van der Waals surface area contributed by atoms with Crippen molar-refractivity contribution in [3.8, 4) is 0 Å². The van der Waals surface area contributed by atoms with Gasteiger partial charge in [0, 0.05) is 18.2 Å². The van der Waals surface area contributed by atoms with Crippen molar-refractivity contribution in [1.29, 1.82) is 0 Å². The minimum Gasteiger partial charge on any atom is -0.387 e. The quantitative estimate of drug-likeness (QED) is 0.841. The normalized spacial score (nSPS) is 18.1. The first-order valence-corrected chi connectivity index (χ1v) is 8.16. The Morgan fingerprint density at radius 2 is 2.25 bits per heavy atom. The molecule has 0 spiro atoms. The molecular weight excluding hydrogens is 274 g/mol. The summed E-state index contributed by atoms with van der Waals surface area (Å²) in [4.78, 5) is 0. The van der Waals surface area contributed by atoms with Crippen LogP contribution in [0.2, 0.25) is 0 Å². The van der Waals surface area contributed by atoms with Crippen LogP contribution < -0.4 is 5.32 Å². The van der Waals surface area contributed by atoms with Crippen LogP contribution in [-0.4, -0.2) is 49.1 Å². The number of fused-ring (bicyclic) bond motifs is 1. The third-order valence-corrected chi connectivity index (χ3v) is 4.25. The summed E-state index contributed by atoms with van der Waals surface area (Å²) >= 11 is 1.63. The summed E-state index contributed by atoms with van der Waals surface area (Å²) in [6.45, 7) is 2.29. The van der Waals surface area contributed by atoms with E-state index < -0.39 is 5.60 Å². The molecule has 1 atom stereocenters. The van der Waals surface area contributed by atoms with E-state index in [0.29, 0.717) is 18.2 Å². The summed E-state index contributed by atoms with van der Waals surface area (Å²) in [6, 6.07) is 3.77. The van der Waals surface area contributed by atoms with Gasteiger partial charge in [0.2, 0.25) is 0 Å². The molecular formula is C13H19N5OS. The number of thioether (sulfide) groups is 1. The molecule has 1 aliphatic carbocycles. The fourth-order valence-electron chi connectivity index (χ4n) is 2.14. The van der Waals surface area contributed by atoms with Gasteiger partial charge >= 0.3 is 0 Å². The molecule has 2 aromatic heterocycles. The molecule has 0 aliphatic heterocycles. The molecule has 0 bridgehead atoms. The van der Waals surface area contributed by atoms with Gasteiger partial charge in [0.25, 0.3) is 0 Å². The van der Waals surface area contributed by atoms with Gasteiger partial charge in [-0.05, 0) is 38.2 Å². The van der Waals surface area contributed by atoms with Gasteiger partial charge in [-0.25, -0.2) is 0 Å². The van der Waals surface area contributed by atoms with Crippen molar-refractivity contribution in [2.45, 2.75) is 31.3 Å². The van der Waals surface area contributed by atoms with E-state index in [2.05, 4.69) is 20.6 Å². The Morgan fingerprint density at radius 3 is 2.95 bits per heavy atom. The average Bonchev–Trinajstić information content (AvgIpc) is 3.16. The number of anilines is 1. The average molecular weight is 293 g/mol. The van der Waals surface area contributed by atoms with E-state index in [1.807, 2.05) is 29.8 Å². The number of nitrogens with zero attached hydrogens (tertiary/aromatic N) is 4. The summed E-state index contributed by atoms with van der Waals surface area (Å²) in [5, 5.41) is 26.2. The lowest BCUT2D eigenvalue weighted by Gasteiger charge is -2.22. The molecule has 2 N–H and O–H groups in total. The summed E-state index contributed by atoms with van der Waals surface area (Å²) in [7, 11) is 0. The molecule has 3 rings (SSSR count). The van der Waals surface area contributed by atoms with E-state index in [-0.39, 0.29) is 0 Å². The molecule has 7 heteroatoms. The van der Waals surface area contributed by atoms with Crippen LogP contribution in [0.25, 0.3) is 5.65 Å². The van der Waals surface area contributed by atoms with Gasteiger partial charge in [0.15, 0.2) is 11.5 Å². The van der Waals surface area contributed by atoms with Crippen molar-refractivity contribution in [2.24, 2.45) is 0 Å². The molecule has 0 saturated heterocycles. The first-order chi connectivity index (χ1) is 9.59. The van der Waals surface area contributed by atoms with Crippen LogP contribution in [-0.2, 0) is 0 Å². The molecule has 0 radical (unpaired) electrons. The topological polar surface area (TPSA) is 75.3 Å². The molecule has 20 heavy (non-hydrogen) atoms. The smallest absolute Gasteiger partial charge is 0.178 e. The first kappa shape index (κ1) is 13.6. The standard InChI is InChI=1S/C13H19N5OS/c1-13(19,8-20-2)7-14-10-5-6-11-15-16-12(9-3-4-9)18(11)17-10/h5-6,9,19H,3-4,7-8H2,1-2H3,(H,14,17)/t13-/m1/s1. The fourth-order valence-corrected chi connectivity index (χ4v) is 2.86. The van der Waals surface area contributed by atoms with E-state index >= 15 is 0 Å². The van der Waals surface area contributed by atoms with Gasteiger partial charge in [-0.15, -0.1) is 15.3 Å². The molecule has 0 unspecified atom stereocenters. The monoisotopic (exact) mass is 293 g/mol. The van der Waals surface area contributed by atoms with Crippen LogP contribution in [0.3, 0.4) is 0 Å². The van der Waals surface area contributed by atoms with Crippen LogP contribution in [0.1, 0.15) is 31.5 Å². The van der Waals surface area contributed by atoms with Crippen molar-refractivity contribution in [1.82, 2.24) is 19.8 Å². The van der Waals surface area contributed by atoms with Crippen molar-refractivity contribution >= 4 is 23.2 Å². The fraction of sp³-hybridized carbons (Fsp3) is 0.615. The van der Waals surface area contributed by atoms with Crippen LogP contribution in [0.4, 0.5) is 5.82 Å². The second-order valence-electron chi connectivity index (χ2n) is 5.60. The number of rotatable bonds is 6. The zero-order valence-corrected chi connectivity index (χ0v) is 12.5. The van der Waals surface area contributed by atoms with E-state index in [9.17, 15) is 5.11 Å². The highest BCUT2D eigenvalue weighted by Gasteiger charge is 2.29. The summed E-state index contributed by atoms with van der Waals surface area (Å²) in [5.74, 6) is 2.87. The van der Waals surface area contributed by atoms with Crippen molar-refractivity contribution in [2.75, 3.05) is 23.9 Å². The third kappa shape index (κ3) is 2.88. The molecule has 108 valence electrons. The van der Waals surface area contributed by atoms with Gasteiger partial charge < -0.3 is 10.4 Å². The Balaban J connectivity index is 1.76. The van der Waals surface area contributed by atoms with Gasteiger partial charge in [0.05, 0.1) is 5.60 Å². The van der Waals surface area contributed by atoms with E-state index in [0.717, 1.165) is 17.3 Å². The number of aliphatic hydroxyl groups is 1. The highest BCUT2D eigenvalue weighted by Crippen LogP contribution is 2.38. The lowest BCUT2D eigenvalue weighted by atomic mass is 10.1. The maximum atomic E-state index is 10.2. The minimum atomic E-state index is -0.747. The van der Waals surface area contributed by atoms with Gasteiger partial charge in [-0.1, -0.05) is 0 Å². The number of nitrogens with one attached hydrogen (secondary N) is 1. The van der Waals surface area contributed by atoms with E-state index in [1.54, 1.807) is 11.8 Å². The maximum Gasteiger partial charge on any atom is 0.178 e. The summed E-state index contributed by atoms with van der Waals surface area (Å²) in [5.41, 5.74) is 0.0241. The van der Waals surface area contributed by atoms with Crippen LogP contribution in [0, 0.1) is 0 Å². The molecule has 0 amide bonds. The first-order valence-electron chi connectivity index (χ1n) is 6.77. The second-order valence-corrected chi connectivity index (χ2v) is 6.47. The third-order valence-electron chi connectivity index (χ3n) is 3.34. The number of hydrogen-bond acceptors (Lipinski definition) is 6. The maximum absolute atomic E-state index is 10.2. The molecule has 2 aromatic rings. The van der Waals surface area contributed by atoms with E-state index in [1.165, 1.54) is 12.8 Å². The number of aromatic nitrogens is 4. The van der Waals surface area contributed by atoms with Crippen LogP contribution in [0.5, 0.6) is 0 Å². The predicted molar refractivity (Wildman–Crippen MR) is 80.3 cm³/mol. The molecule has 1 fully saturated rings. The van der Waals surface area contributed by atoms with E-state index in [4.69, 9.17) is 0 Å². The largest absolute Gasteiger partial charge is 0.387 e. The lowest BCUT2D eigenvalue weighted by Crippen LogP contribution is -2.36. The Bertz CT molecular complexity index is 608. The Kier molecular flexibility index (Phi) is 3.55. The van der Waals surface area contributed by atoms with Crippen molar-refractivity contribution in [3.63, 3.8) is 0 Å². The molecule has 0 aromatic carbocycles. The highest BCUT2D eigenvalue weighted by molar-refractivity contribution is 7.98. The second kappa shape index (κ2) is 5.21. The Hall–Kier alpha value is -1.34. The molecule has 1 saturated carbocycles. The predicted octanol–water partition coefficient (Wildman–Crippen LogP) is 1.53. The van der Waals surface area contributed by atoms with Crippen molar-refractivity contribution < 1.29 is 5.11 Å². The molecule has 1 aliphatic rings. The van der Waals surface area contributed by atoms with Crippen molar-refractivity contribution in [3.05, 3.63) is 18.0 Å². The number of hydrogen-bond donors (Lipinski definition) is 2. The Labute approximate surface area is 122 Å². The SMILES string of the molecule is CSC[C@](C)(O)CNc1ccc2nnc(C3CC3)n2n1. The summed E-state index contributed by atoms with van der Waals surface area (Å²) < 4.78 is 1.81. The van der Waals surface area contributed by atoms with Gasteiger partial charge in [-0.3, -0.25) is 0 Å². The zero-order chi connectivity index (χ0) is 14.2. The molecule has 2 heterocycles. The lowest BCUT2D eigenvalue weighted by molar-refractivity contribution is 0.0996. The minimum absolute atomic E-state index is 0.466. The van der Waals surface area contributed by atoms with Gasteiger partial charge in [-0.2, -0.15) is 16.3 Å². The summed E-state index contributed by atoms with van der Waals surface area (Å²) in [6.07, 6.45) is 4.32. The Morgan fingerprint density at radius 1 is 1.45 bits per heavy atom. The van der Waals surface area contributed by atoms with Crippen LogP contribution in [0.15, 0.2) is 12.1 Å². The van der Waals surface area contributed by atoms with Gasteiger partial charge in [0.1, 0.15) is 5.82 Å². The van der Waals surface area contributed by atoms with Crippen LogP contribution >= 0.6 is 11.8 Å². The zero-order valence-electron chi connectivity index (χ0n) is 11.7. The highest BCUT2D eigenvalue weighted by atomic mass is 32.2.